The number of aryl methyl sites for hydroxylation is 1. The van der Waals surface area contributed by atoms with Gasteiger partial charge >= 0.3 is 0 Å². The molecular weight excluding hydrogens is 268 g/mol. The first-order valence-corrected chi connectivity index (χ1v) is 6.88. The summed E-state index contributed by atoms with van der Waals surface area (Å²) in [5.41, 5.74) is 3.93. The Morgan fingerprint density at radius 2 is 2.14 bits per heavy atom. The third-order valence-corrected chi connectivity index (χ3v) is 4.00. The molecule has 0 aliphatic heterocycles. The summed E-state index contributed by atoms with van der Waals surface area (Å²) in [6.07, 6.45) is 1.75. The SMILES string of the molecule is Cc1cc([N+](=O)[O-])ccc1NC1CCc2c(O)cccc21. The lowest BCUT2D eigenvalue weighted by molar-refractivity contribution is -0.384. The van der Waals surface area contributed by atoms with Crippen LogP contribution in [0.15, 0.2) is 36.4 Å². The van der Waals surface area contributed by atoms with Crippen LogP contribution in [0.25, 0.3) is 0 Å². The van der Waals surface area contributed by atoms with Crippen molar-refractivity contribution < 1.29 is 10.0 Å². The molecule has 0 saturated carbocycles. The normalized spacial score (nSPS) is 16.5. The summed E-state index contributed by atoms with van der Waals surface area (Å²) in [6, 6.07) is 10.5. The Labute approximate surface area is 122 Å². The Balaban J connectivity index is 1.86. The lowest BCUT2D eigenvalue weighted by Gasteiger charge is -2.17. The highest BCUT2D eigenvalue weighted by molar-refractivity contribution is 5.58. The van der Waals surface area contributed by atoms with Gasteiger partial charge in [-0.15, -0.1) is 0 Å². The fourth-order valence-corrected chi connectivity index (χ4v) is 2.90. The van der Waals surface area contributed by atoms with Gasteiger partial charge in [0.15, 0.2) is 0 Å². The van der Waals surface area contributed by atoms with Crippen LogP contribution in [0.1, 0.15) is 29.2 Å². The van der Waals surface area contributed by atoms with Crippen molar-refractivity contribution in [3.8, 4) is 5.75 Å². The van der Waals surface area contributed by atoms with E-state index in [4.69, 9.17) is 0 Å². The predicted octanol–water partition coefficient (Wildman–Crippen LogP) is 3.71. The molecule has 2 aromatic rings. The smallest absolute Gasteiger partial charge is 0.269 e. The van der Waals surface area contributed by atoms with Crippen LogP contribution in [-0.4, -0.2) is 10.0 Å². The molecule has 0 radical (unpaired) electrons. The van der Waals surface area contributed by atoms with Crippen molar-refractivity contribution in [2.24, 2.45) is 0 Å². The van der Waals surface area contributed by atoms with Crippen LogP contribution in [-0.2, 0) is 6.42 Å². The molecule has 0 spiro atoms. The van der Waals surface area contributed by atoms with Crippen LogP contribution in [0.5, 0.6) is 5.75 Å². The lowest BCUT2D eigenvalue weighted by atomic mass is 10.1. The molecule has 3 rings (SSSR count). The minimum Gasteiger partial charge on any atom is -0.508 e. The predicted molar refractivity (Wildman–Crippen MR) is 80.6 cm³/mol. The average Bonchev–Trinajstić information content (AvgIpc) is 2.85. The molecule has 1 atom stereocenters. The first-order valence-electron chi connectivity index (χ1n) is 6.88. The summed E-state index contributed by atoms with van der Waals surface area (Å²) in [6.45, 7) is 1.85. The molecule has 0 amide bonds. The van der Waals surface area contributed by atoms with Crippen LogP contribution >= 0.6 is 0 Å². The molecule has 0 fully saturated rings. The van der Waals surface area contributed by atoms with E-state index in [0.29, 0.717) is 5.75 Å². The number of phenolic OH excluding ortho intramolecular Hbond substituents is 1. The second-order valence-corrected chi connectivity index (χ2v) is 5.34. The topological polar surface area (TPSA) is 75.4 Å². The standard InChI is InChI=1S/C16H16N2O3/c1-10-9-11(18(20)21)5-7-14(10)17-15-8-6-13-12(15)3-2-4-16(13)19/h2-5,7,9,15,17,19H,6,8H2,1H3. The van der Waals surface area contributed by atoms with Gasteiger partial charge in [0.05, 0.1) is 11.0 Å². The van der Waals surface area contributed by atoms with Gasteiger partial charge in [0.2, 0.25) is 0 Å². The van der Waals surface area contributed by atoms with Gasteiger partial charge in [-0.1, -0.05) is 12.1 Å². The molecule has 2 aromatic carbocycles. The van der Waals surface area contributed by atoms with Crippen molar-refractivity contribution in [1.82, 2.24) is 0 Å². The number of non-ortho nitro benzene ring substituents is 1. The fraction of sp³-hybridized carbons (Fsp3) is 0.250. The number of nitro groups is 1. The average molecular weight is 284 g/mol. The third-order valence-electron chi connectivity index (χ3n) is 4.00. The number of rotatable bonds is 3. The molecule has 2 N–H and O–H groups in total. The Morgan fingerprint density at radius 1 is 1.33 bits per heavy atom. The summed E-state index contributed by atoms with van der Waals surface area (Å²) in [4.78, 5) is 10.4. The van der Waals surface area contributed by atoms with E-state index in [2.05, 4.69) is 5.32 Å². The molecule has 0 heterocycles. The number of nitrogens with zero attached hydrogens (tertiary/aromatic N) is 1. The number of hydrogen-bond donors (Lipinski definition) is 2. The highest BCUT2D eigenvalue weighted by Crippen LogP contribution is 2.38. The van der Waals surface area contributed by atoms with Crippen molar-refractivity contribution in [2.75, 3.05) is 5.32 Å². The zero-order valence-electron chi connectivity index (χ0n) is 11.7. The van der Waals surface area contributed by atoms with Crippen LogP contribution in [0, 0.1) is 17.0 Å². The number of fused-ring (bicyclic) bond motifs is 1. The quantitative estimate of drug-likeness (QED) is 0.665. The second-order valence-electron chi connectivity index (χ2n) is 5.34. The molecular formula is C16H16N2O3. The Bertz CT molecular complexity index is 713. The van der Waals surface area contributed by atoms with Gasteiger partial charge in [-0.2, -0.15) is 0 Å². The zero-order valence-corrected chi connectivity index (χ0v) is 11.7. The van der Waals surface area contributed by atoms with Gasteiger partial charge in [0, 0.05) is 17.8 Å². The van der Waals surface area contributed by atoms with Gasteiger partial charge in [-0.3, -0.25) is 10.1 Å². The number of benzene rings is 2. The van der Waals surface area contributed by atoms with Crippen molar-refractivity contribution in [1.29, 1.82) is 0 Å². The molecule has 0 aromatic heterocycles. The minimum absolute atomic E-state index is 0.0996. The summed E-state index contributed by atoms with van der Waals surface area (Å²) >= 11 is 0. The molecule has 0 saturated heterocycles. The van der Waals surface area contributed by atoms with E-state index in [-0.39, 0.29) is 16.7 Å². The molecule has 108 valence electrons. The van der Waals surface area contributed by atoms with E-state index in [1.54, 1.807) is 18.2 Å². The molecule has 1 unspecified atom stereocenters. The van der Waals surface area contributed by atoms with Crippen LogP contribution < -0.4 is 5.32 Å². The third kappa shape index (κ3) is 2.42. The maximum absolute atomic E-state index is 10.8. The summed E-state index contributed by atoms with van der Waals surface area (Å²) in [7, 11) is 0. The summed E-state index contributed by atoms with van der Waals surface area (Å²) in [5.74, 6) is 0.345. The lowest BCUT2D eigenvalue weighted by Crippen LogP contribution is -2.08. The van der Waals surface area contributed by atoms with E-state index < -0.39 is 0 Å². The maximum atomic E-state index is 10.8. The maximum Gasteiger partial charge on any atom is 0.269 e. The van der Waals surface area contributed by atoms with Gasteiger partial charge in [-0.25, -0.2) is 0 Å². The second kappa shape index (κ2) is 5.09. The zero-order chi connectivity index (χ0) is 15.0. The summed E-state index contributed by atoms with van der Waals surface area (Å²) < 4.78 is 0. The number of nitrogens with one attached hydrogen (secondary N) is 1. The van der Waals surface area contributed by atoms with E-state index in [1.165, 1.54) is 6.07 Å². The minimum atomic E-state index is -0.389. The van der Waals surface area contributed by atoms with Crippen molar-refractivity contribution in [2.45, 2.75) is 25.8 Å². The number of nitro benzene ring substituents is 1. The molecule has 5 heteroatoms. The molecule has 0 bridgehead atoms. The van der Waals surface area contributed by atoms with Gasteiger partial charge < -0.3 is 10.4 Å². The number of phenols is 1. The molecule has 1 aliphatic carbocycles. The van der Waals surface area contributed by atoms with Crippen LogP contribution in [0.3, 0.4) is 0 Å². The highest BCUT2D eigenvalue weighted by Gasteiger charge is 2.25. The van der Waals surface area contributed by atoms with Gasteiger partial charge in [-0.05, 0) is 48.6 Å². The van der Waals surface area contributed by atoms with E-state index in [1.807, 2.05) is 19.1 Å². The molecule has 1 aliphatic rings. The number of anilines is 1. The number of aromatic hydroxyl groups is 1. The first kappa shape index (κ1) is 13.4. The van der Waals surface area contributed by atoms with Gasteiger partial charge in [0.1, 0.15) is 5.75 Å². The van der Waals surface area contributed by atoms with Crippen molar-refractivity contribution in [3.63, 3.8) is 0 Å². The first-order chi connectivity index (χ1) is 10.1. The van der Waals surface area contributed by atoms with E-state index in [0.717, 1.165) is 35.2 Å². The monoisotopic (exact) mass is 284 g/mol. The van der Waals surface area contributed by atoms with Crippen LogP contribution in [0.2, 0.25) is 0 Å². The summed E-state index contributed by atoms with van der Waals surface area (Å²) in [5, 5.41) is 24.1. The van der Waals surface area contributed by atoms with Crippen LogP contribution in [0.4, 0.5) is 11.4 Å². The highest BCUT2D eigenvalue weighted by atomic mass is 16.6. The Kier molecular flexibility index (Phi) is 3.25. The Morgan fingerprint density at radius 3 is 2.86 bits per heavy atom. The number of hydrogen-bond acceptors (Lipinski definition) is 4. The molecule has 21 heavy (non-hydrogen) atoms. The van der Waals surface area contributed by atoms with E-state index >= 15 is 0 Å². The fourth-order valence-electron chi connectivity index (χ4n) is 2.90. The van der Waals surface area contributed by atoms with Crippen molar-refractivity contribution in [3.05, 3.63) is 63.2 Å². The molecule has 5 nitrogen and oxygen atoms in total. The van der Waals surface area contributed by atoms with E-state index in [9.17, 15) is 15.2 Å². The van der Waals surface area contributed by atoms with Gasteiger partial charge in [0.25, 0.3) is 5.69 Å². The Hall–Kier alpha value is -2.56. The largest absolute Gasteiger partial charge is 0.508 e. The van der Waals surface area contributed by atoms with Crippen molar-refractivity contribution >= 4 is 11.4 Å².